The van der Waals surface area contributed by atoms with Crippen molar-refractivity contribution >= 4 is 11.7 Å². The molecule has 0 unspecified atom stereocenters. The zero-order valence-corrected chi connectivity index (χ0v) is 14.2. The summed E-state index contributed by atoms with van der Waals surface area (Å²) in [6.45, 7) is 3.93. The van der Waals surface area contributed by atoms with Gasteiger partial charge in [-0.15, -0.1) is 5.10 Å². The molecule has 132 valence electrons. The first-order valence-electron chi connectivity index (χ1n) is 8.60. The van der Waals surface area contributed by atoms with E-state index in [2.05, 4.69) is 38.0 Å². The third kappa shape index (κ3) is 4.98. The Morgan fingerprint density at radius 1 is 1.04 bits per heavy atom. The fraction of sp³-hybridized carbons (Fsp3) is 0.389. The van der Waals surface area contributed by atoms with Gasteiger partial charge in [0.25, 0.3) is 0 Å². The molecule has 1 fully saturated rings. The number of nitrogens with one attached hydrogen (secondary N) is 2. The van der Waals surface area contributed by atoms with Crippen LogP contribution in [0.15, 0.2) is 36.4 Å². The number of carbonyl (C=O) groups is 1. The summed E-state index contributed by atoms with van der Waals surface area (Å²) >= 11 is 0. The van der Waals surface area contributed by atoms with Gasteiger partial charge >= 0.3 is 0 Å². The predicted octanol–water partition coefficient (Wildman–Crippen LogP) is 0.204. The van der Waals surface area contributed by atoms with E-state index < -0.39 is 0 Å². The maximum Gasteiger partial charge on any atom is 0.238 e. The highest BCUT2D eigenvalue weighted by atomic mass is 16.2. The Balaban J connectivity index is 1.52. The lowest BCUT2D eigenvalue weighted by Crippen LogP contribution is -2.44. The largest absolute Gasteiger partial charge is 0.353 e. The first-order chi connectivity index (χ1) is 12.2. The van der Waals surface area contributed by atoms with Crippen LogP contribution < -0.4 is 21.5 Å². The van der Waals surface area contributed by atoms with Crippen LogP contribution in [0.25, 0.3) is 0 Å². The maximum atomic E-state index is 11.3. The van der Waals surface area contributed by atoms with Gasteiger partial charge in [-0.05, 0) is 36.1 Å². The molecule has 0 radical (unpaired) electrons. The number of piperazine rings is 1. The number of rotatable bonds is 6. The van der Waals surface area contributed by atoms with Gasteiger partial charge in [-0.2, -0.15) is 5.10 Å². The Labute approximate surface area is 147 Å². The molecule has 0 spiro atoms. The Hall–Kier alpha value is -2.51. The van der Waals surface area contributed by atoms with Crippen LogP contribution in [0.3, 0.4) is 0 Å². The molecule has 3 rings (SSSR count). The second-order valence-electron chi connectivity index (χ2n) is 6.18. The number of hydrogen-bond acceptors (Lipinski definition) is 6. The number of hydrazine groups is 1. The van der Waals surface area contributed by atoms with Crippen molar-refractivity contribution in [3.8, 4) is 0 Å². The average Bonchev–Trinajstić information content (AvgIpc) is 2.68. The lowest BCUT2D eigenvalue weighted by Gasteiger charge is -2.27. The van der Waals surface area contributed by atoms with Crippen molar-refractivity contribution in [2.45, 2.75) is 19.3 Å². The monoisotopic (exact) mass is 340 g/mol. The smallest absolute Gasteiger partial charge is 0.238 e. The Kier molecular flexibility index (Phi) is 5.92. The number of nitrogens with two attached hydrogens (primary N) is 1. The lowest BCUT2D eigenvalue weighted by molar-refractivity contribution is -0.120. The number of benzene rings is 1. The maximum absolute atomic E-state index is 11.3. The van der Waals surface area contributed by atoms with Crippen molar-refractivity contribution in [3.05, 3.63) is 53.2 Å². The Morgan fingerprint density at radius 3 is 2.40 bits per heavy atom. The highest BCUT2D eigenvalue weighted by Crippen LogP contribution is 2.12. The third-order valence-corrected chi connectivity index (χ3v) is 4.37. The molecule has 1 amide bonds. The van der Waals surface area contributed by atoms with Crippen molar-refractivity contribution in [2.24, 2.45) is 5.84 Å². The molecule has 1 aromatic heterocycles. The summed E-state index contributed by atoms with van der Waals surface area (Å²) in [5.41, 5.74) is 5.30. The Morgan fingerprint density at radius 2 is 1.76 bits per heavy atom. The van der Waals surface area contributed by atoms with Crippen LogP contribution in [-0.4, -0.2) is 42.3 Å². The number of nitrogens with zero attached hydrogens (tertiary/aromatic N) is 3. The SMILES string of the molecule is NNC(=O)Cc1ccc(CCc2ccc(N3CCNCC3)nn2)cc1. The second-order valence-corrected chi connectivity index (χ2v) is 6.18. The van der Waals surface area contributed by atoms with Gasteiger partial charge in [0.2, 0.25) is 5.91 Å². The average molecular weight is 340 g/mol. The van der Waals surface area contributed by atoms with Gasteiger partial charge in [0.15, 0.2) is 5.82 Å². The molecule has 1 aliphatic rings. The van der Waals surface area contributed by atoms with Crippen molar-refractivity contribution in [3.63, 3.8) is 0 Å². The molecule has 0 saturated carbocycles. The highest BCUT2D eigenvalue weighted by molar-refractivity contribution is 5.77. The van der Waals surface area contributed by atoms with Gasteiger partial charge in [0.1, 0.15) is 0 Å². The summed E-state index contributed by atoms with van der Waals surface area (Å²) in [4.78, 5) is 13.5. The van der Waals surface area contributed by atoms with E-state index >= 15 is 0 Å². The van der Waals surface area contributed by atoms with Crippen LogP contribution in [0.5, 0.6) is 0 Å². The predicted molar refractivity (Wildman–Crippen MR) is 97.0 cm³/mol. The van der Waals surface area contributed by atoms with Crippen molar-refractivity contribution in [2.75, 3.05) is 31.1 Å². The summed E-state index contributed by atoms with van der Waals surface area (Å²) in [7, 11) is 0. The van der Waals surface area contributed by atoms with Gasteiger partial charge in [-0.25, -0.2) is 5.84 Å². The number of amides is 1. The molecule has 0 aliphatic carbocycles. The number of aromatic nitrogens is 2. The van der Waals surface area contributed by atoms with Crippen LogP contribution in [0, 0.1) is 0 Å². The molecule has 1 saturated heterocycles. The zero-order valence-electron chi connectivity index (χ0n) is 14.2. The molecule has 0 bridgehead atoms. The van der Waals surface area contributed by atoms with Crippen LogP contribution in [0.2, 0.25) is 0 Å². The molecular weight excluding hydrogens is 316 g/mol. The molecule has 7 heteroatoms. The minimum atomic E-state index is -0.187. The quantitative estimate of drug-likeness (QED) is 0.395. The summed E-state index contributed by atoms with van der Waals surface area (Å²) in [5.74, 6) is 5.87. The van der Waals surface area contributed by atoms with Crippen LogP contribution in [-0.2, 0) is 24.1 Å². The minimum Gasteiger partial charge on any atom is -0.353 e. The van der Waals surface area contributed by atoms with E-state index in [1.165, 1.54) is 5.56 Å². The first kappa shape index (κ1) is 17.3. The summed E-state index contributed by atoms with van der Waals surface area (Å²) < 4.78 is 0. The topological polar surface area (TPSA) is 96.2 Å². The normalized spacial score (nSPS) is 14.4. The molecule has 2 aromatic rings. The van der Waals surface area contributed by atoms with Gasteiger partial charge in [-0.3, -0.25) is 10.2 Å². The number of carbonyl (C=O) groups excluding carboxylic acids is 1. The van der Waals surface area contributed by atoms with Crippen LogP contribution >= 0.6 is 0 Å². The van der Waals surface area contributed by atoms with E-state index in [0.717, 1.165) is 56.1 Å². The number of aryl methyl sites for hydroxylation is 2. The van der Waals surface area contributed by atoms with E-state index in [9.17, 15) is 4.79 Å². The number of anilines is 1. The molecule has 1 aliphatic heterocycles. The third-order valence-electron chi connectivity index (χ3n) is 4.37. The molecule has 1 aromatic carbocycles. The van der Waals surface area contributed by atoms with Gasteiger partial charge in [0.05, 0.1) is 12.1 Å². The molecule has 7 nitrogen and oxygen atoms in total. The van der Waals surface area contributed by atoms with Crippen LogP contribution in [0.1, 0.15) is 16.8 Å². The van der Waals surface area contributed by atoms with E-state index in [1.807, 2.05) is 24.3 Å². The summed E-state index contributed by atoms with van der Waals surface area (Å²) in [6.07, 6.45) is 2.04. The fourth-order valence-electron chi connectivity index (χ4n) is 2.88. The van der Waals surface area contributed by atoms with E-state index in [-0.39, 0.29) is 5.91 Å². The van der Waals surface area contributed by atoms with Crippen LogP contribution in [0.4, 0.5) is 5.82 Å². The molecule has 25 heavy (non-hydrogen) atoms. The summed E-state index contributed by atoms with van der Waals surface area (Å²) in [6, 6.07) is 12.1. The van der Waals surface area contributed by atoms with Gasteiger partial charge in [-0.1, -0.05) is 24.3 Å². The zero-order chi connectivity index (χ0) is 17.5. The second kappa shape index (κ2) is 8.55. The van der Waals surface area contributed by atoms with E-state index in [0.29, 0.717) is 6.42 Å². The Bertz CT molecular complexity index is 680. The molecular formula is C18H24N6O. The first-order valence-corrected chi connectivity index (χ1v) is 8.60. The van der Waals surface area contributed by atoms with E-state index in [1.54, 1.807) is 0 Å². The lowest BCUT2D eigenvalue weighted by atomic mass is 10.0. The van der Waals surface area contributed by atoms with Gasteiger partial charge in [0, 0.05) is 26.2 Å². The van der Waals surface area contributed by atoms with Gasteiger partial charge < -0.3 is 10.2 Å². The minimum absolute atomic E-state index is 0.187. The number of hydrogen-bond donors (Lipinski definition) is 3. The molecule has 0 atom stereocenters. The van der Waals surface area contributed by atoms with Crippen molar-refractivity contribution in [1.82, 2.24) is 20.9 Å². The highest BCUT2D eigenvalue weighted by Gasteiger charge is 2.11. The summed E-state index contributed by atoms with van der Waals surface area (Å²) in [5, 5.41) is 12.1. The van der Waals surface area contributed by atoms with E-state index in [4.69, 9.17) is 5.84 Å². The molecule has 2 heterocycles. The molecule has 4 N–H and O–H groups in total. The standard InChI is InChI=1S/C18H24N6O/c19-21-18(25)13-15-3-1-14(2-4-15)5-6-16-7-8-17(23-22-16)24-11-9-20-10-12-24/h1-4,7-8,20H,5-6,9-13,19H2,(H,21,25). The van der Waals surface area contributed by atoms with Crippen molar-refractivity contribution < 1.29 is 4.79 Å². The van der Waals surface area contributed by atoms with Crippen molar-refractivity contribution in [1.29, 1.82) is 0 Å². The fourth-order valence-corrected chi connectivity index (χ4v) is 2.88.